The number of hydrogen-bond acceptors (Lipinski definition) is 3. The number of benzene rings is 1. The van der Waals surface area contributed by atoms with Gasteiger partial charge in [0.1, 0.15) is 5.75 Å². The minimum absolute atomic E-state index is 0.0606. The van der Waals surface area contributed by atoms with Crippen molar-refractivity contribution in [2.45, 2.75) is 32.3 Å². The Kier molecular flexibility index (Phi) is 4.83. The van der Waals surface area contributed by atoms with Gasteiger partial charge in [-0.2, -0.15) is 0 Å². The van der Waals surface area contributed by atoms with Crippen molar-refractivity contribution in [3.05, 3.63) is 24.3 Å². The van der Waals surface area contributed by atoms with Crippen molar-refractivity contribution < 1.29 is 14.3 Å². The Morgan fingerprint density at radius 2 is 2.10 bits per heavy atom. The average molecular weight is 290 g/mol. The van der Waals surface area contributed by atoms with Crippen LogP contribution in [0.5, 0.6) is 5.75 Å². The third kappa shape index (κ3) is 3.35. The van der Waals surface area contributed by atoms with Crippen molar-refractivity contribution in [1.82, 2.24) is 4.90 Å². The summed E-state index contributed by atoms with van der Waals surface area (Å²) < 4.78 is 5.70. The first-order valence-electron chi connectivity index (χ1n) is 7.31. The molecule has 1 aromatic carbocycles. The van der Waals surface area contributed by atoms with Crippen molar-refractivity contribution in [2.24, 2.45) is 0 Å². The third-order valence-electron chi connectivity index (χ3n) is 3.73. The molecule has 1 heterocycles. The lowest BCUT2D eigenvalue weighted by atomic mass is 10.1. The van der Waals surface area contributed by atoms with E-state index in [9.17, 15) is 9.59 Å². The van der Waals surface area contributed by atoms with Crippen LogP contribution in [0.25, 0.3) is 0 Å². The van der Waals surface area contributed by atoms with Crippen LogP contribution in [0.4, 0.5) is 5.69 Å². The van der Waals surface area contributed by atoms with Crippen LogP contribution >= 0.6 is 0 Å². The van der Waals surface area contributed by atoms with Crippen LogP contribution in [0.15, 0.2) is 24.3 Å². The third-order valence-corrected chi connectivity index (χ3v) is 3.73. The summed E-state index contributed by atoms with van der Waals surface area (Å²) in [5.74, 6) is 0.411. The van der Waals surface area contributed by atoms with Gasteiger partial charge in [-0.25, -0.2) is 0 Å². The first kappa shape index (κ1) is 15.4. The fraction of sp³-hybridized carbons (Fsp3) is 0.500. The number of fused-ring (bicyclic) bond motifs is 1. The van der Waals surface area contributed by atoms with Crippen molar-refractivity contribution >= 4 is 17.5 Å². The molecule has 21 heavy (non-hydrogen) atoms. The fourth-order valence-electron chi connectivity index (χ4n) is 2.34. The second kappa shape index (κ2) is 6.61. The largest absolute Gasteiger partial charge is 0.478 e. The molecule has 2 rings (SSSR count). The van der Waals surface area contributed by atoms with Crippen LogP contribution in [-0.2, 0) is 9.59 Å². The number of unbranched alkanes of at least 4 members (excludes halogenated alkanes) is 1. The molecule has 0 spiro atoms. The highest BCUT2D eigenvalue weighted by molar-refractivity contribution is 6.01. The molecule has 114 valence electrons. The molecule has 1 atom stereocenters. The summed E-state index contributed by atoms with van der Waals surface area (Å²) in [4.78, 5) is 27.7. The predicted molar refractivity (Wildman–Crippen MR) is 81.4 cm³/mol. The predicted octanol–water partition coefficient (Wildman–Crippen LogP) is 2.06. The lowest BCUT2D eigenvalue weighted by Gasteiger charge is -2.32. The number of carbonyl (C=O) groups excluding carboxylic acids is 2. The van der Waals surface area contributed by atoms with Gasteiger partial charge in [-0.15, -0.1) is 0 Å². The Morgan fingerprint density at radius 1 is 1.38 bits per heavy atom. The molecule has 0 saturated heterocycles. The highest BCUT2D eigenvalue weighted by Crippen LogP contribution is 2.33. The molecule has 0 N–H and O–H groups in total. The van der Waals surface area contributed by atoms with Gasteiger partial charge in [0.25, 0.3) is 5.91 Å². The Balaban J connectivity index is 2.05. The number of rotatable bonds is 5. The normalized spacial score (nSPS) is 17.2. The zero-order valence-corrected chi connectivity index (χ0v) is 12.8. The number of hydrogen-bond donors (Lipinski definition) is 0. The molecular formula is C16H22N2O3. The number of ether oxygens (including phenoxy) is 1. The molecule has 1 aromatic rings. The molecule has 1 aliphatic heterocycles. The van der Waals surface area contributed by atoms with E-state index in [0.29, 0.717) is 12.3 Å². The van der Waals surface area contributed by atoms with E-state index in [-0.39, 0.29) is 18.2 Å². The number of likely N-dealkylation sites (N-methyl/N-ethyl adjacent to an activating group) is 1. The SMILES string of the molecule is CCCCN(C)C(=O)CC1Oc2ccccc2N(C)C1=O. The van der Waals surface area contributed by atoms with Gasteiger partial charge in [-0.1, -0.05) is 25.5 Å². The van der Waals surface area contributed by atoms with E-state index in [1.165, 1.54) is 0 Å². The summed E-state index contributed by atoms with van der Waals surface area (Å²) in [6.07, 6.45) is 1.34. The number of amides is 2. The summed E-state index contributed by atoms with van der Waals surface area (Å²) in [6, 6.07) is 7.36. The van der Waals surface area contributed by atoms with Crippen molar-refractivity contribution in [2.75, 3.05) is 25.5 Å². The average Bonchev–Trinajstić information content (AvgIpc) is 2.49. The maximum atomic E-state index is 12.3. The van der Waals surface area contributed by atoms with Crippen LogP contribution in [0, 0.1) is 0 Å². The molecule has 0 radical (unpaired) electrons. The van der Waals surface area contributed by atoms with Gasteiger partial charge in [0, 0.05) is 20.6 Å². The molecule has 2 amide bonds. The van der Waals surface area contributed by atoms with E-state index in [1.54, 1.807) is 23.9 Å². The lowest BCUT2D eigenvalue weighted by molar-refractivity contribution is -0.137. The van der Waals surface area contributed by atoms with E-state index < -0.39 is 6.10 Å². The van der Waals surface area contributed by atoms with Crippen LogP contribution in [0.2, 0.25) is 0 Å². The minimum atomic E-state index is -0.735. The molecule has 0 aromatic heterocycles. The molecule has 1 unspecified atom stereocenters. The van der Waals surface area contributed by atoms with E-state index in [2.05, 4.69) is 6.92 Å². The standard InChI is InChI=1S/C16H22N2O3/c1-4-5-10-17(2)15(19)11-14-16(20)18(3)12-8-6-7-9-13(12)21-14/h6-9,14H,4-5,10-11H2,1-3H3. The smallest absolute Gasteiger partial charge is 0.268 e. The number of anilines is 1. The first-order chi connectivity index (χ1) is 10.0. The summed E-state index contributed by atoms with van der Waals surface area (Å²) in [5.41, 5.74) is 0.741. The summed E-state index contributed by atoms with van der Waals surface area (Å²) in [5, 5.41) is 0. The van der Waals surface area contributed by atoms with E-state index in [0.717, 1.165) is 18.5 Å². The highest BCUT2D eigenvalue weighted by atomic mass is 16.5. The van der Waals surface area contributed by atoms with Crippen LogP contribution < -0.4 is 9.64 Å². The zero-order chi connectivity index (χ0) is 15.4. The Bertz CT molecular complexity index is 530. The zero-order valence-electron chi connectivity index (χ0n) is 12.8. The maximum absolute atomic E-state index is 12.3. The van der Waals surface area contributed by atoms with Gasteiger partial charge >= 0.3 is 0 Å². The van der Waals surface area contributed by atoms with Crippen LogP contribution in [0.1, 0.15) is 26.2 Å². The monoisotopic (exact) mass is 290 g/mol. The molecular weight excluding hydrogens is 268 g/mol. The van der Waals surface area contributed by atoms with Gasteiger partial charge in [0.05, 0.1) is 12.1 Å². The molecule has 0 aliphatic carbocycles. The highest BCUT2D eigenvalue weighted by Gasteiger charge is 2.34. The molecule has 5 nitrogen and oxygen atoms in total. The Hall–Kier alpha value is -2.04. The number of carbonyl (C=O) groups is 2. The van der Waals surface area contributed by atoms with Gasteiger partial charge < -0.3 is 14.5 Å². The molecule has 5 heteroatoms. The van der Waals surface area contributed by atoms with Gasteiger partial charge in [0.2, 0.25) is 5.91 Å². The lowest BCUT2D eigenvalue weighted by Crippen LogP contribution is -2.46. The quantitative estimate of drug-likeness (QED) is 0.834. The second-order valence-electron chi connectivity index (χ2n) is 5.34. The number of nitrogens with zero attached hydrogens (tertiary/aromatic N) is 2. The maximum Gasteiger partial charge on any atom is 0.268 e. The Morgan fingerprint density at radius 3 is 2.81 bits per heavy atom. The summed E-state index contributed by atoms with van der Waals surface area (Å²) in [7, 11) is 3.48. The van der Waals surface area contributed by atoms with Gasteiger partial charge in [-0.05, 0) is 18.6 Å². The van der Waals surface area contributed by atoms with Gasteiger partial charge in [-0.3, -0.25) is 9.59 Å². The molecule has 0 fully saturated rings. The second-order valence-corrected chi connectivity index (χ2v) is 5.34. The van der Waals surface area contributed by atoms with Crippen molar-refractivity contribution in [1.29, 1.82) is 0 Å². The van der Waals surface area contributed by atoms with Crippen LogP contribution in [-0.4, -0.2) is 43.5 Å². The topological polar surface area (TPSA) is 49.9 Å². The van der Waals surface area contributed by atoms with Crippen molar-refractivity contribution in [3.8, 4) is 5.75 Å². The first-order valence-corrected chi connectivity index (χ1v) is 7.31. The van der Waals surface area contributed by atoms with Gasteiger partial charge in [0.15, 0.2) is 6.10 Å². The number of para-hydroxylation sites is 2. The van der Waals surface area contributed by atoms with Crippen molar-refractivity contribution in [3.63, 3.8) is 0 Å². The van der Waals surface area contributed by atoms with Crippen LogP contribution in [0.3, 0.4) is 0 Å². The minimum Gasteiger partial charge on any atom is -0.478 e. The molecule has 1 aliphatic rings. The Labute approximate surface area is 125 Å². The van der Waals surface area contributed by atoms with E-state index in [4.69, 9.17) is 4.74 Å². The summed E-state index contributed by atoms with van der Waals surface area (Å²) >= 11 is 0. The fourth-order valence-corrected chi connectivity index (χ4v) is 2.34. The summed E-state index contributed by atoms with van der Waals surface area (Å²) in [6.45, 7) is 2.79. The van der Waals surface area contributed by atoms with E-state index in [1.807, 2.05) is 24.3 Å². The molecule has 0 saturated carbocycles. The molecule has 0 bridgehead atoms. The van der Waals surface area contributed by atoms with E-state index >= 15 is 0 Å².